The van der Waals surface area contributed by atoms with Crippen molar-refractivity contribution in [3.8, 4) is 0 Å². The molecule has 166 valence electrons. The van der Waals surface area contributed by atoms with Crippen LogP contribution in [0.3, 0.4) is 0 Å². The average molecular weight is 437 g/mol. The number of rotatable bonds is 7. The zero-order valence-electron chi connectivity index (χ0n) is 16.8. The van der Waals surface area contributed by atoms with Gasteiger partial charge in [-0.1, -0.05) is 6.07 Å². The van der Waals surface area contributed by atoms with Gasteiger partial charge >= 0.3 is 6.18 Å². The van der Waals surface area contributed by atoms with Gasteiger partial charge < -0.3 is 26.9 Å². The molecule has 0 bridgehead atoms. The highest BCUT2D eigenvalue weighted by Gasteiger charge is 2.33. The first-order valence-corrected chi connectivity index (χ1v) is 9.12. The minimum atomic E-state index is -4.72. The number of aromatic nitrogens is 1. The Bertz CT molecular complexity index is 989. The number of nitrogens with one attached hydrogen (secondary N) is 3. The Labute approximate surface area is 176 Å². The number of alkyl halides is 3. The summed E-state index contributed by atoms with van der Waals surface area (Å²) in [5.41, 5.74) is 2.96. The summed E-state index contributed by atoms with van der Waals surface area (Å²) in [6.07, 6.45) is -0.148. The molecule has 0 unspecified atom stereocenters. The van der Waals surface area contributed by atoms with Gasteiger partial charge in [0.2, 0.25) is 0 Å². The van der Waals surface area contributed by atoms with Crippen LogP contribution in [0.25, 0.3) is 0 Å². The molecule has 0 fully saturated rings. The number of carbonyl (C=O) groups excluding carboxylic acids is 2. The number of nitrogens with zero attached hydrogens (tertiary/aromatic N) is 1. The number of hydrogen-bond donors (Lipinski definition) is 5. The molecule has 0 saturated heterocycles. The first-order valence-electron chi connectivity index (χ1n) is 9.12. The topological polar surface area (TPSA) is 141 Å². The van der Waals surface area contributed by atoms with Crippen LogP contribution >= 0.6 is 0 Å². The molecule has 1 aliphatic heterocycles. The van der Waals surface area contributed by atoms with Crippen molar-refractivity contribution in [1.82, 2.24) is 15.6 Å². The average Bonchev–Trinajstić information content (AvgIpc) is 2.65. The summed E-state index contributed by atoms with van der Waals surface area (Å²) in [7, 11) is 0. The third-order valence-electron chi connectivity index (χ3n) is 4.09. The van der Waals surface area contributed by atoms with Gasteiger partial charge in [-0.3, -0.25) is 9.59 Å². The number of dihydropyridines is 1. The molecule has 6 N–H and O–H groups in total. The van der Waals surface area contributed by atoms with Gasteiger partial charge in [0, 0.05) is 17.6 Å². The van der Waals surface area contributed by atoms with Crippen molar-refractivity contribution in [2.24, 2.45) is 5.73 Å². The van der Waals surface area contributed by atoms with E-state index in [-0.39, 0.29) is 23.4 Å². The Morgan fingerprint density at radius 3 is 2.58 bits per heavy atom. The van der Waals surface area contributed by atoms with Gasteiger partial charge in [-0.15, -0.1) is 0 Å². The number of halogens is 3. The zero-order chi connectivity index (χ0) is 23.4. The molecule has 0 spiro atoms. The largest absolute Gasteiger partial charge is 0.433 e. The third kappa shape index (κ3) is 7.07. The van der Waals surface area contributed by atoms with E-state index >= 15 is 0 Å². The molecule has 0 aromatic carbocycles. The molecule has 2 heterocycles. The molecule has 0 aliphatic carbocycles. The second-order valence-electron chi connectivity index (χ2n) is 7.42. The molecule has 0 atom stereocenters. The van der Waals surface area contributed by atoms with Crippen molar-refractivity contribution in [2.75, 3.05) is 0 Å². The third-order valence-corrected chi connectivity index (χ3v) is 4.09. The highest BCUT2D eigenvalue weighted by atomic mass is 19.4. The van der Waals surface area contributed by atoms with E-state index in [9.17, 15) is 27.9 Å². The Morgan fingerprint density at radius 2 is 2.00 bits per heavy atom. The summed E-state index contributed by atoms with van der Waals surface area (Å²) in [6.45, 7) is 3.23. The number of allylic oxidation sites excluding steroid dienone is 2. The molecule has 1 aromatic rings. The standard InChI is InChI=1S/C20H22F3N5O3/c1-19(2,31)7-6-11(24)8-12-9-15(13(10-26-12)17(25)29)28-18(30)14-4-3-5-16(27-14)20(21,22)23/h3-5,8-10,24,26,31H,6-7H2,1-2H3,(H2,25,29)(H,28,30)/b12-8-,24-11?. The lowest BCUT2D eigenvalue weighted by Crippen LogP contribution is -2.32. The van der Waals surface area contributed by atoms with E-state index in [2.05, 4.69) is 15.6 Å². The molecule has 11 heteroatoms. The minimum Gasteiger partial charge on any atom is -0.390 e. The number of pyridine rings is 1. The maximum absolute atomic E-state index is 12.8. The van der Waals surface area contributed by atoms with Crippen molar-refractivity contribution in [2.45, 2.75) is 38.5 Å². The van der Waals surface area contributed by atoms with Crippen LogP contribution in [0.15, 0.2) is 53.5 Å². The lowest BCUT2D eigenvalue weighted by atomic mass is 10.00. The van der Waals surface area contributed by atoms with E-state index in [1.807, 2.05) is 0 Å². The Hall–Kier alpha value is -3.47. The zero-order valence-corrected chi connectivity index (χ0v) is 16.8. The van der Waals surface area contributed by atoms with E-state index in [1.165, 1.54) is 18.4 Å². The number of carbonyl (C=O) groups is 2. The smallest absolute Gasteiger partial charge is 0.390 e. The first-order chi connectivity index (χ1) is 14.3. The van der Waals surface area contributed by atoms with Crippen molar-refractivity contribution < 1.29 is 27.9 Å². The molecule has 8 nitrogen and oxygen atoms in total. The number of hydrogen-bond acceptors (Lipinski definition) is 6. The van der Waals surface area contributed by atoms with Gasteiger partial charge in [0.15, 0.2) is 0 Å². The Kier molecular flexibility index (Phi) is 7.01. The van der Waals surface area contributed by atoms with Crippen LogP contribution < -0.4 is 16.4 Å². The number of amides is 2. The molecule has 0 radical (unpaired) electrons. The van der Waals surface area contributed by atoms with Gasteiger partial charge in [-0.2, -0.15) is 13.2 Å². The van der Waals surface area contributed by atoms with Gasteiger partial charge in [0.05, 0.1) is 16.9 Å². The van der Waals surface area contributed by atoms with Gasteiger partial charge in [0.25, 0.3) is 11.8 Å². The number of primary amides is 1. The van der Waals surface area contributed by atoms with E-state index in [4.69, 9.17) is 11.1 Å². The van der Waals surface area contributed by atoms with Crippen molar-refractivity contribution in [1.29, 1.82) is 5.41 Å². The predicted molar refractivity (Wildman–Crippen MR) is 107 cm³/mol. The molecule has 1 aliphatic rings. The van der Waals surface area contributed by atoms with E-state index in [0.29, 0.717) is 12.1 Å². The van der Waals surface area contributed by atoms with Crippen LogP contribution in [0.5, 0.6) is 0 Å². The van der Waals surface area contributed by atoms with Crippen molar-refractivity contribution in [3.63, 3.8) is 0 Å². The van der Waals surface area contributed by atoms with Crippen LogP contribution in [-0.2, 0) is 11.0 Å². The van der Waals surface area contributed by atoms with Crippen LogP contribution in [-0.4, -0.2) is 33.2 Å². The molecule has 0 saturated carbocycles. The molecular weight excluding hydrogens is 415 g/mol. The van der Waals surface area contributed by atoms with Crippen LogP contribution in [0, 0.1) is 5.41 Å². The summed E-state index contributed by atoms with van der Waals surface area (Å²) in [5.74, 6) is -1.85. The molecule has 1 aromatic heterocycles. The second kappa shape index (κ2) is 9.13. The van der Waals surface area contributed by atoms with Gasteiger partial charge in [0.1, 0.15) is 11.4 Å². The minimum absolute atomic E-state index is 0.0583. The summed E-state index contributed by atoms with van der Waals surface area (Å²) in [4.78, 5) is 27.4. The number of nitrogens with two attached hydrogens (primary N) is 1. The van der Waals surface area contributed by atoms with E-state index in [1.54, 1.807) is 13.8 Å². The van der Waals surface area contributed by atoms with Crippen LogP contribution in [0.2, 0.25) is 0 Å². The Balaban J connectivity index is 2.25. The first kappa shape index (κ1) is 23.8. The highest BCUT2D eigenvalue weighted by molar-refractivity contribution is 6.01. The van der Waals surface area contributed by atoms with E-state index < -0.39 is 35.0 Å². The lowest BCUT2D eigenvalue weighted by molar-refractivity contribution is -0.141. The summed E-state index contributed by atoms with van der Waals surface area (Å²) >= 11 is 0. The summed E-state index contributed by atoms with van der Waals surface area (Å²) in [5, 5.41) is 22.8. The predicted octanol–water partition coefficient (Wildman–Crippen LogP) is 2.14. The highest BCUT2D eigenvalue weighted by Crippen LogP contribution is 2.27. The SMILES string of the molecule is CC(C)(O)CCC(=N)/C=C1/C=C(NC(=O)c2cccc(C(F)(F)F)n2)C(C(N)=O)=CN1. The van der Waals surface area contributed by atoms with Crippen molar-refractivity contribution >= 4 is 17.5 Å². The van der Waals surface area contributed by atoms with Crippen molar-refractivity contribution in [3.05, 3.63) is 64.9 Å². The fourth-order valence-corrected chi connectivity index (χ4v) is 2.50. The maximum atomic E-state index is 12.8. The van der Waals surface area contributed by atoms with Gasteiger partial charge in [-0.25, -0.2) is 4.98 Å². The van der Waals surface area contributed by atoms with Crippen LogP contribution in [0.1, 0.15) is 42.9 Å². The summed E-state index contributed by atoms with van der Waals surface area (Å²) in [6, 6.07) is 2.88. The molecular formula is C20H22F3N5O3. The Morgan fingerprint density at radius 1 is 1.32 bits per heavy atom. The fraction of sp³-hybridized carbons (Fsp3) is 0.300. The monoisotopic (exact) mass is 437 g/mol. The molecule has 2 amide bonds. The molecule has 2 rings (SSSR count). The van der Waals surface area contributed by atoms with Crippen LogP contribution in [0.4, 0.5) is 13.2 Å². The lowest BCUT2D eigenvalue weighted by Gasteiger charge is -2.19. The fourth-order valence-electron chi connectivity index (χ4n) is 2.50. The maximum Gasteiger partial charge on any atom is 0.433 e. The normalized spacial score (nSPS) is 15.6. The number of aliphatic hydroxyl groups is 1. The van der Waals surface area contributed by atoms with Gasteiger partial charge in [-0.05, 0) is 51.0 Å². The van der Waals surface area contributed by atoms with E-state index in [0.717, 1.165) is 18.2 Å². The molecule has 31 heavy (non-hydrogen) atoms. The quantitative estimate of drug-likeness (QED) is 0.416. The second-order valence-corrected chi connectivity index (χ2v) is 7.42. The summed E-state index contributed by atoms with van der Waals surface area (Å²) < 4.78 is 38.5.